The van der Waals surface area contributed by atoms with E-state index in [1.807, 2.05) is 26.0 Å². The van der Waals surface area contributed by atoms with Gasteiger partial charge in [0.15, 0.2) is 11.6 Å². The molecule has 21 heavy (non-hydrogen) atoms. The summed E-state index contributed by atoms with van der Waals surface area (Å²) < 4.78 is 24.0. The van der Waals surface area contributed by atoms with E-state index < -0.39 is 11.9 Å². The minimum atomic E-state index is -0.409. The lowest BCUT2D eigenvalue weighted by atomic mass is 9.93. The topological polar surface area (TPSA) is 44.5 Å². The minimum Gasteiger partial charge on any atom is -0.496 e. The van der Waals surface area contributed by atoms with Gasteiger partial charge in [-0.25, -0.2) is 4.39 Å². The van der Waals surface area contributed by atoms with Gasteiger partial charge in [-0.05, 0) is 54.3 Å². The number of halogens is 1. The number of nitrogens with two attached hydrogens (primary N) is 1. The predicted octanol–water partition coefficient (Wildman–Crippen LogP) is 3.51. The third-order valence-corrected chi connectivity index (χ3v) is 3.65. The SMILES string of the molecule is COc1cc(C)c(C(N)c2ccc(OC)c(F)c2)cc1C. The fourth-order valence-electron chi connectivity index (χ4n) is 2.42. The molecule has 0 spiro atoms. The van der Waals surface area contributed by atoms with Gasteiger partial charge in [0.05, 0.1) is 20.3 Å². The first kappa shape index (κ1) is 15.3. The standard InChI is InChI=1S/C17H20FNO2/c1-10-8-16(21-4)11(2)7-13(10)17(19)12-5-6-15(20-3)14(18)9-12/h5-9,17H,19H2,1-4H3. The maximum Gasteiger partial charge on any atom is 0.165 e. The molecule has 0 amide bonds. The van der Waals surface area contributed by atoms with Gasteiger partial charge in [-0.3, -0.25) is 0 Å². The number of rotatable bonds is 4. The molecule has 2 N–H and O–H groups in total. The van der Waals surface area contributed by atoms with Gasteiger partial charge in [0, 0.05) is 0 Å². The van der Waals surface area contributed by atoms with Gasteiger partial charge in [0.2, 0.25) is 0 Å². The Labute approximate surface area is 124 Å². The highest BCUT2D eigenvalue weighted by atomic mass is 19.1. The van der Waals surface area contributed by atoms with Crippen LogP contribution in [0.15, 0.2) is 30.3 Å². The van der Waals surface area contributed by atoms with E-state index in [4.69, 9.17) is 15.2 Å². The van der Waals surface area contributed by atoms with Crippen LogP contribution in [0.25, 0.3) is 0 Å². The van der Waals surface area contributed by atoms with E-state index in [1.54, 1.807) is 19.2 Å². The van der Waals surface area contributed by atoms with Crippen LogP contribution in [-0.4, -0.2) is 14.2 Å². The molecule has 2 aromatic rings. The Bertz CT molecular complexity index is 655. The summed E-state index contributed by atoms with van der Waals surface area (Å²) in [6, 6.07) is 8.34. The maximum absolute atomic E-state index is 13.8. The van der Waals surface area contributed by atoms with Gasteiger partial charge < -0.3 is 15.2 Å². The van der Waals surface area contributed by atoms with E-state index in [-0.39, 0.29) is 5.75 Å². The zero-order chi connectivity index (χ0) is 15.6. The van der Waals surface area contributed by atoms with Crippen LogP contribution in [0.5, 0.6) is 11.5 Å². The summed E-state index contributed by atoms with van der Waals surface area (Å²) in [7, 11) is 3.08. The third-order valence-electron chi connectivity index (χ3n) is 3.65. The molecular formula is C17H20FNO2. The quantitative estimate of drug-likeness (QED) is 0.936. The molecule has 0 aromatic heterocycles. The first-order chi connectivity index (χ1) is 9.97. The molecule has 2 rings (SSSR count). The van der Waals surface area contributed by atoms with Crippen LogP contribution >= 0.6 is 0 Å². The molecule has 0 aliphatic rings. The number of methoxy groups -OCH3 is 2. The molecule has 0 radical (unpaired) electrons. The number of hydrogen-bond acceptors (Lipinski definition) is 3. The fraction of sp³-hybridized carbons (Fsp3) is 0.294. The summed E-state index contributed by atoms with van der Waals surface area (Å²) in [6.45, 7) is 3.93. The van der Waals surface area contributed by atoms with Gasteiger partial charge in [-0.1, -0.05) is 12.1 Å². The third kappa shape index (κ3) is 3.00. The van der Waals surface area contributed by atoms with Gasteiger partial charge in [0.1, 0.15) is 5.75 Å². The molecule has 0 bridgehead atoms. The molecule has 0 aliphatic heterocycles. The van der Waals surface area contributed by atoms with E-state index in [1.165, 1.54) is 13.2 Å². The molecule has 112 valence electrons. The van der Waals surface area contributed by atoms with Crippen LogP contribution in [-0.2, 0) is 0 Å². The van der Waals surface area contributed by atoms with E-state index in [0.717, 1.165) is 22.4 Å². The van der Waals surface area contributed by atoms with Crippen LogP contribution in [0.2, 0.25) is 0 Å². The highest BCUT2D eigenvalue weighted by Gasteiger charge is 2.15. The largest absolute Gasteiger partial charge is 0.496 e. The predicted molar refractivity (Wildman–Crippen MR) is 81.5 cm³/mol. The number of ether oxygens (including phenoxy) is 2. The van der Waals surface area contributed by atoms with Gasteiger partial charge in [0.25, 0.3) is 0 Å². The minimum absolute atomic E-state index is 0.216. The second-order valence-electron chi connectivity index (χ2n) is 5.05. The normalized spacial score (nSPS) is 12.1. The van der Waals surface area contributed by atoms with Crippen LogP contribution in [0.4, 0.5) is 4.39 Å². The van der Waals surface area contributed by atoms with Crippen molar-refractivity contribution in [1.29, 1.82) is 0 Å². The Morgan fingerprint density at radius 3 is 2.19 bits per heavy atom. The molecule has 0 fully saturated rings. The van der Waals surface area contributed by atoms with Gasteiger partial charge in [-0.2, -0.15) is 0 Å². The summed E-state index contributed by atoms with van der Waals surface area (Å²) >= 11 is 0. The van der Waals surface area contributed by atoms with Gasteiger partial charge >= 0.3 is 0 Å². The second-order valence-corrected chi connectivity index (χ2v) is 5.05. The van der Waals surface area contributed by atoms with Crippen LogP contribution < -0.4 is 15.2 Å². The van der Waals surface area contributed by atoms with Crippen molar-refractivity contribution in [3.63, 3.8) is 0 Å². The van der Waals surface area contributed by atoms with Crippen molar-refractivity contribution < 1.29 is 13.9 Å². The average Bonchev–Trinajstić information content (AvgIpc) is 2.48. The highest BCUT2D eigenvalue weighted by molar-refractivity contribution is 5.46. The molecule has 0 saturated carbocycles. The van der Waals surface area contributed by atoms with E-state index in [0.29, 0.717) is 5.56 Å². The van der Waals surface area contributed by atoms with E-state index >= 15 is 0 Å². The molecule has 0 heterocycles. The molecule has 3 nitrogen and oxygen atoms in total. The van der Waals surface area contributed by atoms with Crippen molar-refractivity contribution in [1.82, 2.24) is 0 Å². The van der Waals surface area contributed by atoms with Crippen LogP contribution in [0.1, 0.15) is 28.3 Å². The Kier molecular flexibility index (Phi) is 4.48. The van der Waals surface area contributed by atoms with E-state index in [9.17, 15) is 4.39 Å². The highest BCUT2D eigenvalue weighted by Crippen LogP contribution is 2.30. The van der Waals surface area contributed by atoms with Crippen molar-refractivity contribution in [3.05, 3.63) is 58.4 Å². The van der Waals surface area contributed by atoms with E-state index in [2.05, 4.69) is 0 Å². The second kappa shape index (κ2) is 6.14. The fourth-order valence-corrected chi connectivity index (χ4v) is 2.42. The van der Waals surface area contributed by atoms with Crippen molar-refractivity contribution in [2.24, 2.45) is 5.73 Å². The Morgan fingerprint density at radius 1 is 0.952 bits per heavy atom. The smallest absolute Gasteiger partial charge is 0.165 e. The van der Waals surface area contributed by atoms with Crippen molar-refractivity contribution in [2.45, 2.75) is 19.9 Å². The monoisotopic (exact) mass is 289 g/mol. The number of benzene rings is 2. The van der Waals surface area contributed by atoms with Crippen LogP contribution in [0, 0.1) is 19.7 Å². The molecule has 0 saturated heterocycles. The lowest BCUT2D eigenvalue weighted by Gasteiger charge is -2.18. The van der Waals surface area contributed by atoms with Crippen molar-refractivity contribution >= 4 is 0 Å². The lowest BCUT2D eigenvalue weighted by Crippen LogP contribution is -2.14. The zero-order valence-corrected chi connectivity index (χ0v) is 12.7. The maximum atomic E-state index is 13.8. The number of hydrogen-bond donors (Lipinski definition) is 1. The molecular weight excluding hydrogens is 269 g/mol. The molecule has 0 aliphatic carbocycles. The summed E-state index contributed by atoms with van der Waals surface area (Å²) in [5, 5.41) is 0. The van der Waals surface area contributed by atoms with Crippen LogP contribution in [0.3, 0.4) is 0 Å². The molecule has 1 atom stereocenters. The molecule has 4 heteroatoms. The van der Waals surface area contributed by atoms with Crippen molar-refractivity contribution in [3.8, 4) is 11.5 Å². The zero-order valence-electron chi connectivity index (χ0n) is 12.7. The summed E-state index contributed by atoms with van der Waals surface area (Å²) in [4.78, 5) is 0. The Morgan fingerprint density at radius 2 is 1.62 bits per heavy atom. The van der Waals surface area contributed by atoms with Gasteiger partial charge in [-0.15, -0.1) is 0 Å². The number of aryl methyl sites for hydroxylation is 2. The van der Waals surface area contributed by atoms with Crippen molar-refractivity contribution in [2.75, 3.05) is 14.2 Å². The average molecular weight is 289 g/mol. The summed E-state index contributed by atoms with van der Waals surface area (Å²) in [5.74, 6) is 0.631. The lowest BCUT2D eigenvalue weighted by molar-refractivity contribution is 0.386. The summed E-state index contributed by atoms with van der Waals surface area (Å²) in [5.41, 5.74) is 9.97. The Hall–Kier alpha value is -2.07. The molecule has 1 unspecified atom stereocenters. The first-order valence-electron chi connectivity index (χ1n) is 6.72. The summed E-state index contributed by atoms with van der Waals surface area (Å²) in [6.07, 6.45) is 0. The molecule has 2 aromatic carbocycles. The first-order valence-corrected chi connectivity index (χ1v) is 6.72. The Balaban J connectivity index is 2.42.